The minimum atomic E-state index is -0.643. The van der Waals surface area contributed by atoms with Crippen molar-refractivity contribution >= 4 is 58.0 Å². The number of aliphatic hydroxyl groups is 1. The fourth-order valence-corrected chi connectivity index (χ4v) is 2.44. The molecule has 1 heterocycles. The maximum absolute atomic E-state index is 11.4. The maximum atomic E-state index is 11.4. The number of carbonyl (C=O) groups excluding carboxylic acids is 1. The molecule has 6 nitrogen and oxygen atoms in total. The average Bonchev–Trinajstić information content (AvgIpc) is 2.79. The normalized spacial score (nSPS) is 12.8. The van der Waals surface area contributed by atoms with Crippen molar-refractivity contribution in [3.8, 4) is 0 Å². The fraction of sp³-hybridized carbons (Fsp3) is 0.0909. The van der Waals surface area contributed by atoms with Crippen molar-refractivity contribution in [2.45, 2.75) is 11.8 Å². The number of allylic oxidation sites excluding steroid dienone is 1. The van der Waals surface area contributed by atoms with Crippen LogP contribution >= 0.6 is 36.8 Å². The molecule has 2 N–H and O–H groups in total. The van der Waals surface area contributed by atoms with Gasteiger partial charge in [0.1, 0.15) is 5.76 Å². The van der Waals surface area contributed by atoms with Gasteiger partial charge in [0.2, 0.25) is 5.13 Å². The highest BCUT2D eigenvalue weighted by molar-refractivity contribution is 7.80. The minimum absolute atomic E-state index is 0.214. The van der Waals surface area contributed by atoms with Gasteiger partial charge < -0.3 is 5.11 Å². The van der Waals surface area contributed by atoms with Gasteiger partial charge in [-0.3, -0.25) is 9.52 Å². The van der Waals surface area contributed by atoms with Crippen molar-refractivity contribution < 1.29 is 9.90 Å². The third kappa shape index (κ3) is 3.30. The highest BCUT2D eigenvalue weighted by Crippen LogP contribution is 2.30. The molecule has 0 saturated heterocycles. The molecule has 0 aliphatic carbocycles. The van der Waals surface area contributed by atoms with Crippen LogP contribution in [0.4, 0.5) is 5.13 Å². The number of hydrogen-bond acceptors (Lipinski definition) is 8. The van der Waals surface area contributed by atoms with E-state index >= 15 is 0 Å². The largest absolute Gasteiger partial charge is 0.510 e. The highest BCUT2D eigenvalue weighted by Gasteiger charge is 2.11. The summed E-state index contributed by atoms with van der Waals surface area (Å²) in [6, 6.07) is 5.54. The van der Waals surface area contributed by atoms with Crippen molar-refractivity contribution in [3.05, 3.63) is 29.7 Å². The molecule has 0 saturated carbocycles. The zero-order chi connectivity index (χ0) is 14.7. The summed E-state index contributed by atoms with van der Waals surface area (Å²) in [5.41, 5.74) is 0.537. The van der Waals surface area contributed by atoms with Crippen molar-refractivity contribution in [1.29, 1.82) is 0 Å². The fourth-order valence-electron chi connectivity index (χ4n) is 1.37. The lowest BCUT2D eigenvalue weighted by Crippen LogP contribution is -2.15. The predicted octanol–water partition coefficient (Wildman–Crippen LogP) is 3.42. The van der Waals surface area contributed by atoms with E-state index in [4.69, 9.17) is 0 Å². The Balaban J connectivity index is 2.33. The molecule has 2 aromatic rings. The number of aromatic nitrogens is 1. The molecule has 0 unspecified atom stereocenters. The highest BCUT2D eigenvalue weighted by atomic mass is 32.1. The number of aliphatic hydroxyl groups excluding tert-OH is 1. The third-order valence-electron chi connectivity index (χ3n) is 2.25. The summed E-state index contributed by atoms with van der Waals surface area (Å²) in [4.78, 5) is 16.4. The van der Waals surface area contributed by atoms with Gasteiger partial charge in [0.05, 0.1) is 10.2 Å². The molecule has 0 aliphatic rings. The van der Waals surface area contributed by atoms with Crippen molar-refractivity contribution in [1.82, 2.24) is 9.71 Å². The summed E-state index contributed by atoms with van der Waals surface area (Å²) < 4.78 is 3.01. The van der Waals surface area contributed by atoms with Gasteiger partial charge in [-0.25, -0.2) is 4.98 Å². The molecule has 0 radical (unpaired) electrons. The van der Waals surface area contributed by atoms with E-state index < -0.39 is 5.91 Å². The van der Waals surface area contributed by atoms with Crippen LogP contribution < -0.4 is 4.72 Å². The molecule has 0 atom stereocenters. The van der Waals surface area contributed by atoms with Gasteiger partial charge in [0.15, 0.2) is 5.70 Å². The number of amides is 1. The van der Waals surface area contributed by atoms with E-state index in [9.17, 15) is 9.90 Å². The van der Waals surface area contributed by atoms with Gasteiger partial charge in [0, 0.05) is 4.90 Å². The predicted molar refractivity (Wildman–Crippen MR) is 83.8 cm³/mol. The Labute approximate surface area is 129 Å². The molecule has 0 fully saturated rings. The Hall–Kier alpha value is -1.58. The number of benzene rings is 1. The van der Waals surface area contributed by atoms with E-state index in [1.54, 1.807) is 0 Å². The Bertz CT molecular complexity index is 720. The van der Waals surface area contributed by atoms with Gasteiger partial charge in [-0.05, 0) is 25.1 Å². The Kier molecular flexibility index (Phi) is 4.63. The standard InChI is InChI=1S/C11H10N4O2S3/c1-5(16)9(10(17)15-19)13-14-11-12-7-4-6(18)2-3-8(7)20-11/h2-4,16,18-19H,1H3,(H,15,17)/b9-5+,14-13?. The second kappa shape index (κ2) is 6.25. The lowest BCUT2D eigenvalue weighted by molar-refractivity contribution is -0.115. The molecule has 1 aromatic heterocycles. The Morgan fingerprint density at radius 3 is 2.90 bits per heavy atom. The summed E-state index contributed by atoms with van der Waals surface area (Å²) in [5.74, 6) is -0.894. The van der Waals surface area contributed by atoms with Crippen LogP contribution in [0.1, 0.15) is 6.92 Å². The number of hydrogen-bond donors (Lipinski definition) is 4. The van der Waals surface area contributed by atoms with Crippen molar-refractivity contribution in [3.63, 3.8) is 0 Å². The molecule has 1 aromatic carbocycles. The van der Waals surface area contributed by atoms with Gasteiger partial charge in [0.25, 0.3) is 5.91 Å². The van der Waals surface area contributed by atoms with Crippen molar-refractivity contribution in [2.75, 3.05) is 0 Å². The summed E-state index contributed by atoms with van der Waals surface area (Å²) in [6.07, 6.45) is 0. The molecule has 104 valence electrons. The minimum Gasteiger partial charge on any atom is -0.510 e. The van der Waals surface area contributed by atoms with Crippen LogP contribution in [0.5, 0.6) is 0 Å². The lowest BCUT2D eigenvalue weighted by Gasteiger charge is -1.98. The molecule has 2 rings (SSSR count). The topological polar surface area (TPSA) is 86.9 Å². The van der Waals surface area contributed by atoms with Crippen LogP contribution in [0.15, 0.2) is 44.8 Å². The van der Waals surface area contributed by atoms with Gasteiger partial charge in [-0.2, -0.15) is 0 Å². The Morgan fingerprint density at radius 1 is 1.50 bits per heavy atom. The summed E-state index contributed by atoms with van der Waals surface area (Å²) in [6.45, 7) is 1.34. The molecule has 1 amide bonds. The van der Waals surface area contributed by atoms with Gasteiger partial charge in [-0.15, -0.1) is 22.9 Å². The Morgan fingerprint density at radius 2 is 2.25 bits per heavy atom. The first-order valence-electron chi connectivity index (χ1n) is 5.37. The first-order chi connectivity index (χ1) is 9.51. The number of fused-ring (bicyclic) bond motifs is 1. The molecule has 0 spiro atoms. The van der Waals surface area contributed by atoms with Crippen LogP contribution in [-0.2, 0) is 4.79 Å². The van der Waals surface area contributed by atoms with Gasteiger partial charge in [-0.1, -0.05) is 24.2 Å². The molecule has 9 heteroatoms. The second-order valence-corrected chi connectivity index (χ2v) is 5.47. The van der Waals surface area contributed by atoms with E-state index in [1.165, 1.54) is 18.3 Å². The first-order valence-corrected chi connectivity index (χ1v) is 7.08. The maximum Gasteiger partial charge on any atom is 0.284 e. The van der Waals surface area contributed by atoms with Gasteiger partial charge >= 0.3 is 0 Å². The number of azo groups is 1. The van der Waals surface area contributed by atoms with E-state index in [-0.39, 0.29) is 11.5 Å². The third-order valence-corrected chi connectivity index (χ3v) is 3.66. The quantitative estimate of drug-likeness (QED) is 0.302. The number of nitrogens with zero attached hydrogens (tertiary/aromatic N) is 3. The molecule has 0 aliphatic heterocycles. The zero-order valence-electron chi connectivity index (χ0n) is 10.2. The summed E-state index contributed by atoms with van der Waals surface area (Å²) >= 11 is 9.16. The SMILES string of the molecule is C/C(O)=C(\N=Nc1nc2cc(S)ccc2s1)C(=O)NS. The van der Waals surface area contributed by atoms with Crippen LogP contribution in [-0.4, -0.2) is 16.0 Å². The first kappa shape index (κ1) is 14.8. The number of nitrogens with one attached hydrogen (secondary N) is 1. The molecular formula is C11H10N4O2S3. The van der Waals surface area contributed by atoms with Crippen LogP contribution in [0.3, 0.4) is 0 Å². The second-order valence-electron chi connectivity index (χ2n) is 3.72. The van der Waals surface area contributed by atoms with Crippen LogP contribution in [0, 0.1) is 0 Å². The smallest absolute Gasteiger partial charge is 0.284 e. The monoisotopic (exact) mass is 326 g/mol. The number of thiazole rings is 1. The molecule has 20 heavy (non-hydrogen) atoms. The lowest BCUT2D eigenvalue weighted by atomic mass is 10.3. The number of thiol groups is 2. The molecular weight excluding hydrogens is 316 g/mol. The van der Waals surface area contributed by atoms with Crippen molar-refractivity contribution in [2.24, 2.45) is 10.2 Å². The van der Waals surface area contributed by atoms with E-state index in [2.05, 4.69) is 45.4 Å². The van der Waals surface area contributed by atoms with E-state index in [1.807, 2.05) is 18.2 Å². The summed E-state index contributed by atoms with van der Waals surface area (Å²) in [7, 11) is 0. The van der Waals surface area contributed by atoms with E-state index in [0.29, 0.717) is 5.13 Å². The summed E-state index contributed by atoms with van der Waals surface area (Å²) in [5, 5.41) is 17.3. The average molecular weight is 326 g/mol. The number of carbonyl (C=O) groups is 1. The van der Waals surface area contributed by atoms with E-state index in [0.717, 1.165) is 15.1 Å². The molecule has 0 bridgehead atoms. The van der Waals surface area contributed by atoms with Crippen LogP contribution in [0.25, 0.3) is 10.2 Å². The number of rotatable bonds is 3. The van der Waals surface area contributed by atoms with Crippen LogP contribution in [0.2, 0.25) is 0 Å². The zero-order valence-corrected chi connectivity index (χ0v) is 12.8.